The van der Waals surface area contributed by atoms with E-state index in [0.717, 1.165) is 10.7 Å². The van der Waals surface area contributed by atoms with Crippen LogP contribution >= 0.6 is 11.8 Å². The molecule has 0 spiro atoms. The van der Waals surface area contributed by atoms with Crippen molar-refractivity contribution in [3.8, 4) is 0 Å². The van der Waals surface area contributed by atoms with E-state index in [0.29, 0.717) is 0 Å². The van der Waals surface area contributed by atoms with Crippen molar-refractivity contribution in [3.63, 3.8) is 0 Å². The third-order valence-corrected chi connectivity index (χ3v) is 3.59. The SMILES string of the molecule is CC(=O)NC(CSc1cccc2nccn12)C(=O)O. The number of hydrogen-bond donors (Lipinski definition) is 2. The van der Waals surface area contributed by atoms with Gasteiger partial charge in [-0.2, -0.15) is 0 Å². The van der Waals surface area contributed by atoms with E-state index in [2.05, 4.69) is 10.3 Å². The van der Waals surface area contributed by atoms with Crippen molar-refractivity contribution in [1.29, 1.82) is 0 Å². The molecule has 0 aliphatic rings. The van der Waals surface area contributed by atoms with Crippen molar-refractivity contribution in [2.75, 3.05) is 5.75 Å². The number of thioether (sulfide) groups is 1. The van der Waals surface area contributed by atoms with E-state index < -0.39 is 12.0 Å². The zero-order valence-electron chi connectivity index (χ0n) is 10.2. The number of carboxylic acid groups (broad SMARTS) is 1. The minimum Gasteiger partial charge on any atom is -0.480 e. The first kappa shape index (κ1) is 13.4. The third-order valence-electron chi connectivity index (χ3n) is 2.46. The number of carbonyl (C=O) groups excluding carboxylic acids is 1. The van der Waals surface area contributed by atoms with Gasteiger partial charge in [0.05, 0.1) is 5.03 Å². The molecule has 7 heteroatoms. The molecule has 0 saturated carbocycles. The number of fused-ring (bicyclic) bond motifs is 1. The second-order valence-corrected chi connectivity index (χ2v) is 4.96. The quantitative estimate of drug-likeness (QED) is 0.798. The number of rotatable bonds is 5. The van der Waals surface area contributed by atoms with Crippen LogP contribution in [0.2, 0.25) is 0 Å². The number of pyridine rings is 1. The Hall–Kier alpha value is -2.02. The van der Waals surface area contributed by atoms with Gasteiger partial charge < -0.3 is 10.4 Å². The average molecular weight is 279 g/mol. The molecule has 0 aliphatic carbocycles. The summed E-state index contributed by atoms with van der Waals surface area (Å²) >= 11 is 1.36. The summed E-state index contributed by atoms with van der Waals surface area (Å²) in [6, 6.07) is 4.71. The molecule has 19 heavy (non-hydrogen) atoms. The molecule has 0 saturated heterocycles. The second-order valence-electron chi connectivity index (χ2n) is 3.92. The lowest BCUT2D eigenvalue weighted by molar-refractivity contribution is -0.140. The first-order valence-corrected chi connectivity index (χ1v) is 6.61. The monoisotopic (exact) mass is 279 g/mol. The Kier molecular flexibility index (Phi) is 4.06. The summed E-state index contributed by atoms with van der Waals surface area (Å²) in [6.45, 7) is 1.30. The highest BCUT2D eigenvalue weighted by Gasteiger charge is 2.18. The number of carbonyl (C=O) groups is 2. The smallest absolute Gasteiger partial charge is 0.327 e. The van der Waals surface area contributed by atoms with Crippen molar-refractivity contribution in [1.82, 2.24) is 14.7 Å². The highest BCUT2D eigenvalue weighted by atomic mass is 32.2. The Morgan fingerprint density at radius 2 is 2.32 bits per heavy atom. The predicted molar refractivity (Wildman–Crippen MR) is 71.2 cm³/mol. The van der Waals surface area contributed by atoms with Gasteiger partial charge in [-0.15, -0.1) is 11.8 Å². The van der Waals surface area contributed by atoms with E-state index in [1.54, 1.807) is 6.20 Å². The molecule has 0 bridgehead atoms. The van der Waals surface area contributed by atoms with Crippen molar-refractivity contribution in [2.24, 2.45) is 0 Å². The molecule has 6 nitrogen and oxygen atoms in total. The molecule has 1 atom stereocenters. The fourth-order valence-electron chi connectivity index (χ4n) is 1.63. The Balaban J connectivity index is 2.10. The lowest BCUT2D eigenvalue weighted by atomic mass is 10.3. The van der Waals surface area contributed by atoms with Crippen molar-refractivity contribution < 1.29 is 14.7 Å². The van der Waals surface area contributed by atoms with Crippen LogP contribution in [0.25, 0.3) is 5.65 Å². The van der Waals surface area contributed by atoms with Gasteiger partial charge in [0.2, 0.25) is 5.91 Å². The van der Waals surface area contributed by atoms with Gasteiger partial charge in [0, 0.05) is 25.1 Å². The molecule has 100 valence electrons. The van der Waals surface area contributed by atoms with Crippen molar-refractivity contribution in [2.45, 2.75) is 18.0 Å². The molecule has 2 heterocycles. The summed E-state index contributed by atoms with van der Waals surface area (Å²) in [5.41, 5.74) is 0.802. The summed E-state index contributed by atoms with van der Waals surface area (Å²) in [5.74, 6) is -1.14. The number of hydrogen-bond acceptors (Lipinski definition) is 4. The summed E-state index contributed by atoms with van der Waals surface area (Å²) in [5, 5.41) is 12.3. The largest absolute Gasteiger partial charge is 0.480 e. The molecule has 2 rings (SSSR count). The summed E-state index contributed by atoms with van der Waals surface area (Å²) < 4.78 is 1.87. The van der Waals surface area contributed by atoms with E-state index in [4.69, 9.17) is 5.11 Å². The molecular weight excluding hydrogens is 266 g/mol. The van der Waals surface area contributed by atoms with Crippen LogP contribution in [0.5, 0.6) is 0 Å². The maximum absolute atomic E-state index is 11.0. The van der Waals surface area contributed by atoms with Gasteiger partial charge in [0.25, 0.3) is 0 Å². The highest BCUT2D eigenvalue weighted by molar-refractivity contribution is 7.99. The Morgan fingerprint density at radius 3 is 3.00 bits per heavy atom. The number of carboxylic acids is 1. The highest BCUT2D eigenvalue weighted by Crippen LogP contribution is 2.20. The minimum atomic E-state index is -1.04. The maximum atomic E-state index is 11.0. The van der Waals surface area contributed by atoms with E-state index in [1.807, 2.05) is 28.8 Å². The first-order chi connectivity index (χ1) is 9.08. The molecule has 0 fully saturated rings. The van der Waals surface area contributed by atoms with Gasteiger partial charge in [-0.3, -0.25) is 9.20 Å². The summed E-state index contributed by atoms with van der Waals surface area (Å²) in [4.78, 5) is 26.1. The number of nitrogens with zero attached hydrogens (tertiary/aromatic N) is 2. The Bertz CT molecular complexity index is 611. The number of amides is 1. The predicted octanol–water partition coefficient (Wildman–Crippen LogP) is 1.02. The normalized spacial score (nSPS) is 12.3. The Labute approximate surface area is 113 Å². The molecule has 0 radical (unpaired) electrons. The van der Waals surface area contributed by atoms with Gasteiger partial charge in [0.1, 0.15) is 11.7 Å². The van der Waals surface area contributed by atoms with Crippen LogP contribution in [-0.2, 0) is 9.59 Å². The second kappa shape index (κ2) is 5.75. The van der Waals surface area contributed by atoms with Crippen LogP contribution in [0.15, 0.2) is 35.6 Å². The fourth-order valence-corrected chi connectivity index (χ4v) is 2.66. The topological polar surface area (TPSA) is 83.7 Å². The van der Waals surface area contributed by atoms with Gasteiger partial charge in [-0.25, -0.2) is 9.78 Å². The first-order valence-electron chi connectivity index (χ1n) is 5.62. The molecule has 1 unspecified atom stereocenters. The zero-order chi connectivity index (χ0) is 13.8. The zero-order valence-corrected chi connectivity index (χ0v) is 11.1. The van der Waals surface area contributed by atoms with Crippen LogP contribution in [0.1, 0.15) is 6.92 Å². The molecular formula is C12H13N3O3S. The van der Waals surface area contributed by atoms with Gasteiger partial charge >= 0.3 is 5.97 Å². The molecule has 0 aliphatic heterocycles. The average Bonchev–Trinajstić information content (AvgIpc) is 2.82. The van der Waals surface area contributed by atoms with Gasteiger partial charge in [0.15, 0.2) is 0 Å². The van der Waals surface area contributed by atoms with Crippen LogP contribution in [0.4, 0.5) is 0 Å². The molecule has 2 N–H and O–H groups in total. The molecule has 2 aromatic heterocycles. The van der Waals surface area contributed by atoms with E-state index in [1.165, 1.54) is 18.7 Å². The standard InChI is InChI=1S/C12H13N3O3S/c1-8(16)14-9(12(17)18)7-19-11-4-2-3-10-13-5-6-15(10)11/h2-6,9H,7H2,1H3,(H,14,16)(H,17,18). The summed E-state index contributed by atoms with van der Waals surface area (Å²) in [6.07, 6.45) is 3.49. The van der Waals surface area contributed by atoms with Gasteiger partial charge in [-0.1, -0.05) is 6.07 Å². The lowest BCUT2D eigenvalue weighted by Gasteiger charge is -2.13. The van der Waals surface area contributed by atoms with Crippen LogP contribution < -0.4 is 5.32 Å². The lowest BCUT2D eigenvalue weighted by Crippen LogP contribution is -2.41. The maximum Gasteiger partial charge on any atom is 0.327 e. The number of imidazole rings is 1. The minimum absolute atomic E-state index is 0.256. The summed E-state index contributed by atoms with van der Waals surface area (Å²) in [7, 11) is 0. The molecule has 1 amide bonds. The van der Waals surface area contributed by atoms with Crippen LogP contribution in [0.3, 0.4) is 0 Å². The Morgan fingerprint density at radius 1 is 1.53 bits per heavy atom. The number of aromatic nitrogens is 2. The third kappa shape index (κ3) is 3.25. The fraction of sp³-hybridized carbons (Fsp3) is 0.250. The van der Waals surface area contributed by atoms with Gasteiger partial charge in [-0.05, 0) is 12.1 Å². The van der Waals surface area contributed by atoms with Crippen molar-refractivity contribution in [3.05, 3.63) is 30.6 Å². The van der Waals surface area contributed by atoms with E-state index >= 15 is 0 Å². The van der Waals surface area contributed by atoms with E-state index in [9.17, 15) is 9.59 Å². The van der Waals surface area contributed by atoms with E-state index in [-0.39, 0.29) is 11.7 Å². The molecule has 0 aromatic carbocycles. The van der Waals surface area contributed by atoms with Crippen molar-refractivity contribution >= 4 is 29.3 Å². The number of aliphatic carboxylic acids is 1. The number of nitrogens with one attached hydrogen (secondary N) is 1. The van der Waals surface area contributed by atoms with Crippen LogP contribution in [-0.4, -0.2) is 38.2 Å². The van der Waals surface area contributed by atoms with Crippen LogP contribution in [0, 0.1) is 0 Å². The molecule has 2 aromatic rings.